The molecule has 112 valence electrons. The van der Waals surface area contributed by atoms with Crippen LogP contribution in [0.1, 0.15) is 5.01 Å². The van der Waals surface area contributed by atoms with E-state index in [0.29, 0.717) is 6.42 Å². The summed E-state index contributed by atoms with van der Waals surface area (Å²) in [7, 11) is -3.91. The van der Waals surface area contributed by atoms with E-state index in [1.165, 1.54) is 17.4 Å². The summed E-state index contributed by atoms with van der Waals surface area (Å²) in [6.45, 7) is 0.134. The Bertz CT molecular complexity index is 747. The summed E-state index contributed by atoms with van der Waals surface area (Å²) in [6, 6.07) is 3.28. The third-order valence-electron chi connectivity index (χ3n) is 2.53. The summed E-state index contributed by atoms with van der Waals surface area (Å²) >= 11 is 7.23. The van der Waals surface area contributed by atoms with Crippen molar-refractivity contribution in [2.75, 3.05) is 6.54 Å². The molecule has 0 aliphatic carbocycles. The van der Waals surface area contributed by atoms with E-state index in [1.54, 1.807) is 11.6 Å². The summed E-state index contributed by atoms with van der Waals surface area (Å²) in [5, 5.41) is 13.2. The maximum absolute atomic E-state index is 12.1. The second-order valence-electron chi connectivity index (χ2n) is 3.95. The predicted molar refractivity (Wildman–Crippen MR) is 79.1 cm³/mol. The molecule has 0 bridgehead atoms. The Morgan fingerprint density at radius 1 is 1.43 bits per heavy atom. The minimum atomic E-state index is -3.91. The van der Waals surface area contributed by atoms with E-state index >= 15 is 0 Å². The van der Waals surface area contributed by atoms with Crippen molar-refractivity contribution in [2.24, 2.45) is 0 Å². The smallest absolute Gasteiger partial charge is 0.258 e. The number of hydrogen-bond donors (Lipinski definition) is 1. The van der Waals surface area contributed by atoms with Gasteiger partial charge in [-0.25, -0.2) is 18.1 Å². The Hall–Kier alpha value is -1.55. The van der Waals surface area contributed by atoms with Gasteiger partial charge in [-0.3, -0.25) is 10.1 Å². The van der Waals surface area contributed by atoms with Gasteiger partial charge in [0.15, 0.2) is 0 Å². The molecule has 0 aliphatic heterocycles. The van der Waals surface area contributed by atoms with E-state index in [2.05, 4.69) is 9.71 Å². The number of non-ortho nitro benzene ring substituents is 1. The zero-order valence-electron chi connectivity index (χ0n) is 10.5. The van der Waals surface area contributed by atoms with Gasteiger partial charge in [-0.05, 0) is 6.07 Å². The molecule has 1 heterocycles. The molecule has 0 unspecified atom stereocenters. The molecule has 0 atom stereocenters. The Morgan fingerprint density at radius 2 is 2.19 bits per heavy atom. The molecule has 7 nitrogen and oxygen atoms in total. The Kier molecular flexibility index (Phi) is 4.88. The number of nitrogens with one attached hydrogen (secondary N) is 1. The van der Waals surface area contributed by atoms with Crippen LogP contribution < -0.4 is 4.72 Å². The molecule has 2 rings (SSSR count). The maximum Gasteiger partial charge on any atom is 0.270 e. The Balaban J connectivity index is 2.15. The first-order valence-corrected chi connectivity index (χ1v) is 8.46. The third-order valence-corrected chi connectivity index (χ3v) is 5.31. The first-order valence-electron chi connectivity index (χ1n) is 5.72. The summed E-state index contributed by atoms with van der Waals surface area (Å²) < 4.78 is 26.6. The van der Waals surface area contributed by atoms with Gasteiger partial charge in [0.05, 0.1) is 15.0 Å². The van der Waals surface area contributed by atoms with Crippen LogP contribution in [-0.2, 0) is 16.4 Å². The van der Waals surface area contributed by atoms with E-state index < -0.39 is 14.9 Å². The fraction of sp³-hybridized carbons (Fsp3) is 0.182. The van der Waals surface area contributed by atoms with Gasteiger partial charge in [0.2, 0.25) is 10.0 Å². The summed E-state index contributed by atoms with van der Waals surface area (Å²) in [5.41, 5.74) is -0.334. The molecule has 1 aromatic heterocycles. The van der Waals surface area contributed by atoms with Crippen LogP contribution >= 0.6 is 22.9 Å². The normalized spacial score (nSPS) is 11.5. The van der Waals surface area contributed by atoms with Gasteiger partial charge in [-0.15, -0.1) is 11.3 Å². The lowest BCUT2D eigenvalue weighted by atomic mass is 10.3. The van der Waals surface area contributed by atoms with E-state index in [9.17, 15) is 18.5 Å². The van der Waals surface area contributed by atoms with Crippen LogP contribution in [0.4, 0.5) is 5.69 Å². The largest absolute Gasteiger partial charge is 0.270 e. The molecule has 0 amide bonds. The van der Waals surface area contributed by atoms with Gasteiger partial charge in [0, 0.05) is 36.7 Å². The van der Waals surface area contributed by atoms with Crippen molar-refractivity contribution in [3.63, 3.8) is 0 Å². The van der Waals surface area contributed by atoms with Gasteiger partial charge in [-0.2, -0.15) is 0 Å². The van der Waals surface area contributed by atoms with Crippen LogP contribution in [0.3, 0.4) is 0 Å². The molecule has 0 saturated heterocycles. The minimum absolute atomic E-state index is 0.0673. The number of halogens is 1. The van der Waals surface area contributed by atoms with Crippen molar-refractivity contribution in [2.45, 2.75) is 11.3 Å². The molecule has 21 heavy (non-hydrogen) atoms. The number of rotatable bonds is 6. The first-order chi connectivity index (χ1) is 9.90. The predicted octanol–water partition coefficient (Wildman–Crippen LogP) is 2.23. The number of sulfonamides is 1. The second kappa shape index (κ2) is 6.48. The number of nitrogens with zero attached hydrogens (tertiary/aromatic N) is 2. The van der Waals surface area contributed by atoms with Crippen molar-refractivity contribution < 1.29 is 13.3 Å². The molecular formula is C11H10ClN3O4S2. The van der Waals surface area contributed by atoms with Crippen LogP contribution in [0.5, 0.6) is 0 Å². The highest BCUT2D eigenvalue weighted by molar-refractivity contribution is 7.89. The SMILES string of the molecule is O=[N+]([O-])c1ccc(Cl)c(S(=O)(=O)NCCc2nccs2)c1. The van der Waals surface area contributed by atoms with Crippen LogP contribution in [0.25, 0.3) is 0 Å². The first kappa shape index (κ1) is 15.8. The number of nitro groups is 1. The lowest BCUT2D eigenvalue weighted by molar-refractivity contribution is -0.385. The molecular weight excluding hydrogens is 338 g/mol. The molecule has 1 aromatic carbocycles. The van der Waals surface area contributed by atoms with E-state index in [0.717, 1.165) is 17.1 Å². The topological polar surface area (TPSA) is 102 Å². The van der Waals surface area contributed by atoms with Gasteiger partial charge in [0.25, 0.3) is 5.69 Å². The highest BCUT2D eigenvalue weighted by Crippen LogP contribution is 2.25. The molecule has 10 heteroatoms. The lowest BCUT2D eigenvalue weighted by Crippen LogP contribution is -2.26. The number of thiazole rings is 1. The fourth-order valence-corrected chi connectivity index (χ4v) is 3.73. The summed E-state index contributed by atoms with van der Waals surface area (Å²) in [6.07, 6.45) is 2.06. The van der Waals surface area contributed by atoms with E-state index in [1.807, 2.05) is 0 Å². The molecule has 0 spiro atoms. The van der Waals surface area contributed by atoms with Crippen LogP contribution in [0.2, 0.25) is 5.02 Å². The monoisotopic (exact) mass is 347 g/mol. The molecule has 1 N–H and O–H groups in total. The molecule has 0 aliphatic rings. The van der Waals surface area contributed by atoms with Crippen molar-refractivity contribution in [3.8, 4) is 0 Å². The zero-order valence-corrected chi connectivity index (χ0v) is 12.9. The highest BCUT2D eigenvalue weighted by atomic mass is 35.5. The summed E-state index contributed by atoms with van der Waals surface area (Å²) in [5.74, 6) is 0. The quantitative estimate of drug-likeness (QED) is 0.637. The van der Waals surface area contributed by atoms with Crippen molar-refractivity contribution in [1.82, 2.24) is 9.71 Å². The van der Waals surface area contributed by atoms with Crippen LogP contribution in [0, 0.1) is 10.1 Å². The standard InChI is InChI=1S/C11H10ClN3O4S2/c12-9-2-1-8(15(16)17)7-10(9)21(18,19)14-4-3-11-13-5-6-20-11/h1-2,5-7,14H,3-4H2. The molecule has 2 aromatic rings. The van der Waals surface area contributed by atoms with Crippen molar-refractivity contribution in [3.05, 3.63) is 49.9 Å². The number of hydrogen-bond acceptors (Lipinski definition) is 6. The Morgan fingerprint density at radius 3 is 2.81 bits per heavy atom. The summed E-state index contributed by atoms with van der Waals surface area (Å²) in [4.78, 5) is 13.7. The number of aromatic nitrogens is 1. The minimum Gasteiger partial charge on any atom is -0.258 e. The maximum atomic E-state index is 12.1. The van der Waals surface area contributed by atoms with Gasteiger partial charge in [-0.1, -0.05) is 11.6 Å². The second-order valence-corrected chi connectivity index (χ2v) is 7.07. The average Bonchev–Trinajstić information content (AvgIpc) is 2.91. The van der Waals surface area contributed by atoms with Crippen molar-refractivity contribution in [1.29, 1.82) is 0 Å². The van der Waals surface area contributed by atoms with E-state index in [-0.39, 0.29) is 22.2 Å². The van der Waals surface area contributed by atoms with E-state index in [4.69, 9.17) is 11.6 Å². The van der Waals surface area contributed by atoms with Gasteiger partial charge >= 0.3 is 0 Å². The molecule has 0 fully saturated rings. The lowest BCUT2D eigenvalue weighted by Gasteiger charge is -2.07. The van der Waals surface area contributed by atoms with Gasteiger partial charge < -0.3 is 0 Å². The highest BCUT2D eigenvalue weighted by Gasteiger charge is 2.21. The number of benzene rings is 1. The third kappa shape index (κ3) is 3.97. The van der Waals surface area contributed by atoms with Crippen LogP contribution in [0.15, 0.2) is 34.7 Å². The fourth-order valence-electron chi connectivity index (χ4n) is 1.56. The van der Waals surface area contributed by atoms with Crippen molar-refractivity contribution >= 4 is 38.6 Å². The molecule has 0 radical (unpaired) electrons. The number of nitro benzene ring substituents is 1. The van der Waals surface area contributed by atoms with Crippen LogP contribution in [-0.4, -0.2) is 24.9 Å². The Labute approximate surface area is 129 Å². The average molecular weight is 348 g/mol. The van der Waals surface area contributed by atoms with Gasteiger partial charge in [0.1, 0.15) is 4.90 Å². The molecule has 0 saturated carbocycles. The zero-order chi connectivity index (χ0) is 15.5.